The molecule has 1 saturated heterocycles. The molecule has 4 heteroatoms. The molecule has 0 aromatic carbocycles. The molecule has 1 aliphatic heterocycles. The highest BCUT2D eigenvalue weighted by Crippen LogP contribution is 2.23. The number of carbonyl (C=O) groups is 1. The number of hydrogen-bond donors (Lipinski definition) is 2. The average Bonchev–Trinajstić information content (AvgIpc) is 2.47. The van der Waals surface area contributed by atoms with E-state index >= 15 is 0 Å². The fraction of sp³-hybridized carbons (Fsp3) is 0.889. The summed E-state index contributed by atoms with van der Waals surface area (Å²) < 4.78 is 0. The van der Waals surface area contributed by atoms with Gasteiger partial charge >= 0.3 is 0 Å². The maximum absolute atomic E-state index is 11.5. The van der Waals surface area contributed by atoms with Crippen LogP contribution in [0.4, 0.5) is 0 Å². The molecule has 0 radical (unpaired) electrons. The molecule has 0 aromatic rings. The lowest BCUT2D eigenvalue weighted by Crippen LogP contribution is -2.43. The minimum atomic E-state index is 0.0286. The second kappa shape index (κ2) is 4.58. The number of likely N-dealkylation sites (N-methyl/N-ethyl adjacent to an activating group) is 1. The zero-order valence-electron chi connectivity index (χ0n) is 8.29. The monoisotopic (exact) mass is 186 g/mol. The maximum Gasteiger partial charge on any atom is 0.236 e. The minimum absolute atomic E-state index is 0.0286. The predicted octanol–water partition coefficient (Wildman–Crippen LogP) is -0.565. The van der Waals surface area contributed by atoms with Crippen LogP contribution in [0, 0.1) is 5.92 Å². The smallest absolute Gasteiger partial charge is 0.236 e. The third-order valence-electron chi connectivity index (χ3n) is 2.72. The summed E-state index contributed by atoms with van der Waals surface area (Å²) in [5.74, 6) is 0.511. The van der Waals surface area contributed by atoms with Crippen molar-refractivity contribution in [2.24, 2.45) is 5.92 Å². The highest BCUT2D eigenvalue weighted by Gasteiger charge is 2.33. The summed E-state index contributed by atoms with van der Waals surface area (Å²) in [5.41, 5.74) is 0. The molecule has 1 rings (SSSR count). The van der Waals surface area contributed by atoms with Crippen molar-refractivity contribution >= 4 is 5.91 Å². The Labute approximate surface area is 78.9 Å². The standard InChI is InChI=1S/C9H18N2O2/c1-7-3-4-11(8(7)6-12)9(13)5-10-2/h7-8,10,12H,3-6H2,1-2H3. The lowest BCUT2D eigenvalue weighted by atomic mass is 10.0. The summed E-state index contributed by atoms with van der Waals surface area (Å²) in [4.78, 5) is 13.3. The first kappa shape index (κ1) is 10.5. The molecule has 1 heterocycles. The molecule has 1 aliphatic rings. The van der Waals surface area contributed by atoms with Gasteiger partial charge < -0.3 is 15.3 Å². The van der Waals surface area contributed by atoms with Crippen molar-refractivity contribution in [3.63, 3.8) is 0 Å². The van der Waals surface area contributed by atoms with Crippen LogP contribution < -0.4 is 5.32 Å². The second-order valence-corrected chi connectivity index (χ2v) is 3.63. The Hall–Kier alpha value is -0.610. The van der Waals surface area contributed by atoms with E-state index in [4.69, 9.17) is 5.11 Å². The summed E-state index contributed by atoms with van der Waals surface area (Å²) in [6.45, 7) is 3.31. The molecule has 13 heavy (non-hydrogen) atoms. The molecule has 2 N–H and O–H groups in total. The molecule has 0 spiro atoms. The Morgan fingerprint density at radius 1 is 1.69 bits per heavy atom. The van der Waals surface area contributed by atoms with Crippen molar-refractivity contribution in [2.75, 3.05) is 26.7 Å². The molecule has 0 aromatic heterocycles. The number of carbonyl (C=O) groups excluding carboxylic acids is 1. The van der Waals surface area contributed by atoms with E-state index in [1.807, 2.05) is 0 Å². The molecule has 0 bridgehead atoms. The van der Waals surface area contributed by atoms with E-state index in [2.05, 4.69) is 12.2 Å². The molecule has 4 nitrogen and oxygen atoms in total. The van der Waals surface area contributed by atoms with Gasteiger partial charge in [0.2, 0.25) is 5.91 Å². The molecule has 1 amide bonds. The van der Waals surface area contributed by atoms with Crippen molar-refractivity contribution in [3.05, 3.63) is 0 Å². The summed E-state index contributed by atoms with van der Waals surface area (Å²) >= 11 is 0. The van der Waals surface area contributed by atoms with Gasteiger partial charge in [-0.3, -0.25) is 4.79 Å². The van der Waals surface area contributed by atoms with Crippen molar-refractivity contribution in [1.82, 2.24) is 10.2 Å². The van der Waals surface area contributed by atoms with Crippen LogP contribution in [0.25, 0.3) is 0 Å². The van der Waals surface area contributed by atoms with E-state index < -0.39 is 0 Å². The van der Waals surface area contributed by atoms with Gasteiger partial charge in [-0.15, -0.1) is 0 Å². The van der Waals surface area contributed by atoms with Crippen molar-refractivity contribution in [1.29, 1.82) is 0 Å². The second-order valence-electron chi connectivity index (χ2n) is 3.63. The first-order valence-electron chi connectivity index (χ1n) is 4.75. The van der Waals surface area contributed by atoms with Crippen LogP contribution >= 0.6 is 0 Å². The topological polar surface area (TPSA) is 52.6 Å². The molecule has 76 valence electrons. The van der Waals surface area contributed by atoms with Gasteiger partial charge in [0.05, 0.1) is 19.2 Å². The van der Waals surface area contributed by atoms with Gasteiger partial charge in [-0.1, -0.05) is 6.92 Å². The molecular weight excluding hydrogens is 168 g/mol. The number of rotatable bonds is 3. The highest BCUT2D eigenvalue weighted by atomic mass is 16.3. The molecule has 0 aliphatic carbocycles. The van der Waals surface area contributed by atoms with E-state index in [0.717, 1.165) is 13.0 Å². The number of hydrogen-bond acceptors (Lipinski definition) is 3. The highest BCUT2D eigenvalue weighted by molar-refractivity contribution is 5.78. The van der Waals surface area contributed by atoms with Crippen LogP contribution in [0.5, 0.6) is 0 Å². The van der Waals surface area contributed by atoms with Gasteiger partial charge in [0.25, 0.3) is 0 Å². The van der Waals surface area contributed by atoms with E-state index in [1.54, 1.807) is 11.9 Å². The van der Waals surface area contributed by atoms with Crippen LogP contribution in [0.15, 0.2) is 0 Å². The van der Waals surface area contributed by atoms with Gasteiger partial charge in [-0.2, -0.15) is 0 Å². The number of nitrogens with zero attached hydrogens (tertiary/aromatic N) is 1. The zero-order valence-corrected chi connectivity index (χ0v) is 8.29. The SMILES string of the molecule is CNCC(=O)N1CCC(C)C1CO. The van der Waals surface area contributed by atoms with Gasteiger partial charge in [0.1, 0.15) is 0 Å². The minimum Gasteiger partial charge on any atom is -0.394 e. The first-order chi connectivity index (χ1) is 6.20. The number of aliphatic hydroxyl groups excluding tert-OH is 1. The van der Waals surface area contributed by atoms with Gasteiger partial charge in [-0.05, 0) is 19.4 Å². The Balaban J connectivity index is 2.54. The Kier molecular flexibility index (Phi) is 3.69. The van der Waals surface area contributed by atoms with Gasteiger partial charge in [-0.25, -0.2) is 0 Å². The van der Waals surface area contributed by atoms with Crippen LogP contribution in [0.1, 0.15) is 13.3 Å². The average molecular weight is 186 g/mol. The van der Waals surface area contributed by atoms with E-state index in [0.29, 0.717) is 12.5 Å². The Morgan fingerprint density at radius 3 is 2.92 bits per heavy atom. The van der Waals surface area contributed by atoms with Gasteiger partial charge in [0, 0.05) is 6.54 Å². The summed E-state index contributed by atoms with van der Waals surface area (Å²) in [6.07, 6.45) is 1.00. The number of amides is 1. The molecule has 2 atom stereocenters. The van der Waals surface area contributed by atoms with Crippen LogP contribution in [0.3, 0.4) is 0 Å². The van der Waals surface area contributed by atoms with E-state index in [-0.39, 0.29) is 18.6 Å². The molecule has 1 fully saturated rings. The van der Waals surface area contributed by atoms with Crippen molar-refractivity contribution in [2.45, 2.75) is 19.4 Å². The quantitative estimate of drug-likeness (QED) is 0.621. The Bertz CT molecular complexity index is 184. The Morgan fingerprint density at radius 2 is 2.38 bits per heavy atom. The maximum atomic E-state index is 11.5. The molecule has 2 unspecified atom stereocenters. The fourth-order valence-electron chi connectivity index (χ4n) is 1.85. The lowest BCUT2D eigenvalue weighted by molar-refractivity contribution is -0.132. The van der Waals surface area contributed by atoms with E-state index in [9.17, 15) is 4.79 Å². The van der Waals surface area contributed by atoms with Crippen molar-refractivity contribution in [3.8, 4) is 0 Å². The van der Waals surface area contributed by atoms with Crippen molar-refractivity contribution < 1.29 is 9.90 Å². The van der Waals surface area contributed by atoms with Gasteiger partial charge in [0.15, 0.2) is 0 Å². The van der Waals surface area contributed by atoms with Crippen LogP contribution in [0.2, 0.25) is 0 Å². The summed E-state index contributed by atoms with van der Waals surface area (Å²) in [6, 6.07) is 0.0286. The first-order valence-corrected chi connectivity index (χ1v) is 4.75. The predicted molar refractivity (Wildman–Crippen MR) is 50.3 cm³/mol. The largest absolute Gasteiger partial charge is 0.394 e. The number of aliphatic hydroxyl groups is 1. The fourth-order valence-corrected chi connectivity index (χ4v) is 1.85. The van der Waals surface area contributed by atoms with Crippen LogP contribution in [-0.4, -0.2) is 48.7 Å². The number of nitrogens with one attached hydrogen (secondary N) is 1. The van der Waals surface area contributed by atoms with E-state index in [1.165, 1.54) is 0 Å². The summed E-state index contributed by atoms with van der Waals surface area (Å²) in [7, 11) is 1.76. The van der Waals surface area contributed by atoms with Crippen LogP contribution in [-0.2, 0) is 4.79 Å². The normalized spacial score (nSPS) is 28.1. The zero-order chi connectivity index (χ0) is 9.84. The molecular formula is C9H18N2O2. The number of likely N-dealkylation sites (tertiary alicyclic amines) is 1. The lowest BCUT2D eigenvalue weighted by Gasteiger charge is -2.25. The third kappa shape index (κ3) is 2.19. The third-order valence-corrected chi connectivity index (χ3v) is 2.72. The summed E-state index contributed by atoms with van der Waals surface area (Å²) in [5, 5.41) is 11.9. The molecule has 0 saturated carbocycles.